The summed E-state index contributed by atoms with van der Waals surface area (Å²) in [6.07, 6.45) is 1.95. The molecule has 0 atom stereocenters. The number of rotatable bonds is 3. The average Bonchev–Trinajstić information content (AvgIpc) is 3.01. The molecule has 120 valence electrons. The SMILES string of the molecule is O=C(O)N1CCC(n2cc(-c3ccccc3)c([N+](=O)[O-])n2)CC1. The molecule has 3 rings (SSSR count). The second-order valence-corrected chi connectivity index (χ2v) is 5.47. The van der Waals surface area contributed by atoms with Gasteiger partial charge in [0, 0.05) is 13.1 Å². The van der Waals surface area contributed by atoms with Crippen LogP contribution in [0.3, 0.4) is 0 Å². The van der Waals surface area contributed by atoms with E-state index in [-0.39, 0.29) is 11.9 Å². The number of nitrogens with zero attached hydrogens (tertiary/aromatic N) is 4. The van der Waals surface area contributed by atoms with E-state index in [1.165, 1.54) is 4.90 Å². The van der Waals surface area contributed by atoms with E-state index in [2.05, 4.69) is 5.10 Å². The zero-order valence-electron chi connectivity index (χ0n) is 12.3. The second kappa shape index (κ2) is 6.07. The number of amides is 1. The molecule has 0 bridgehead atoms. The molecule has 0 radical (unpaired) electrons. The highest BCUT2D eigenvalue weighted by atomic mass is 16.6. The molecule has 0 aliphatic carbocycles. The van der Waals surface area contributed by atoms with Crippen LogP contribution in [0.4, 0.5) is 10.6 Å². The van der Waals surface area contributed by atoms with Crippen LogP contribution in [-0.4, -0.2) is 43.9 Å². The summed E-state index contributed by atoms with van der Waals surface area (Å²) in [6, 6.07) is 9.08. The Labute approximate surface area is 132 Å². The minimum atomic E-state index is -0.931. The maximum atomic E-state index is 11.3. The molecule has 1 N–H and O–H groups in total. The van der Waals surface area contributed by atoms with Crippen molar-refractivity contribution < 1.29 is 14.8 Å². The second-order valence-electron chi connectivity index (χ2n) is 5.47. The normalized spacial score (nSPS) is 15.6. The van der Waals surface area contributed by atoms with E-state index >= 15 is 0 Å². The fourth-order valence-electron chi connectivity index (χ4n) is 2.85. The van der Waals surface area contributed by atoms with Crippen LogP contribution < -0.4 is 0 Å². The number of nitro groups is 1. The number of piperidine rings is 1. The van der Waals surface area contributed by atoms with Gasteiger partial charge in [-0.15, -0.1) is 0 Å². The summed E-state index contributed by atoms with van der Waals surface area (Å²) in [4.78, 5) is 23.1. The first-order chi connectivity index (χ1) is 11.1. The Morgan fingerprint density at radius 1 is 1.26 bits per heavy atom. The van der Waals surface area contributed by atoms with Crippen molar-refractivity contribution in [3.05, 3.63) is 46.6 Å². The first-order valence-electron chi connectivity index (χ1n) is 7.33. The fourth-order valence-corrected chi connectivity index (χ4v) is 2.85. The zero-order valence-corrected chi connectivity index (χ0v) is 12.3. The van der Waals surface area contributed by atoms with Gasteiger partial charge in [-0.05, 0) is 23.3 Å². The van der Waals surface area contributed by atoms with Gasteiger partial charge in [-0.1, -0.05) is 30.3 Å². The summed E-state index contributed by atoms with van der Waals surface area (Å²) in [5.41, 5.74) is 1.23. The first-order valence-corrected chi connectivity index (χ1v) is 7.33. The molecular formula is C15H16N4O4. The summed E-state index contributed by atoms with van der Waals surface area (Å²) >= 11 is 0. The van der Waals surface area contributed by atoms with Crippen LogP contribution in [-0.2, 0) is 0 Å². The quantitative estimate of drug-likeness (QED) is 0.693. The van der Waals surface area contributed by atoms with Gasteiger partial charge < -0.3 is 20.1 Å². The predicted octanol–water partition coefficient (Wildman–Crippen LogP) is 2.77. The van der Waals surface area contributed by atoms with Gasteiger partial charge in [0.05, 0.1) is 17.3 Å². The van der Waals surface area contributed by atoms with Crippen LogP contribution in [0, 0.1) is 10.1 Å². The van der Waals surface area contributed by atoms with Gasteiger partial charge in [-0.25, -0.2) is 4.79 Å². The molecule has 1 aliphatic rings. The van der Waals surface area contributed by atoms with Crippen molar-refractivity contribution in [3.8, 4) is 11.1 Å². The minimum absolute atomic E-state index is 0.0261. The van der Waals surface area contributed by atoms with Gasteiger partial charge in [0.15, 0.2) is 0 Å². The monoisotopic (exact) mass is 316 g/mol. The zero-order chi connectivity index (χ0) is 16.4. The van der Waals surface area contributed by atoms with Gasteiger partial charge in [-0.2, -0.15) is 4.68 Å². The van der Waals surface area contributed by atoms with Crippen molar-refractivity contribution in [1.82, 2.24) is 14.7 Å². The van der Waals surface area contributed by atoms with Crippen molar-refractivity contribution in [2.75, 3.05) is 13.1 Å². The first kappa shape index (κ1) is 15.0. The lowest BCUT2D eigenvalue weighted by molar-refractivity contribution is -0.389. The molecule has 1 aliphatic heterocycles. The van der Waals surface area contributed by atoms with Crippen molar-refractivity contribution in [2.45, 2.75) is 18.9 Å². The molecule has 0 unspecified atom stereocenters. The Kier molecular flexibility index (Phi) is 3.96. The maximum absolute atomic E-state index is 11.3. The van der Waals surface area contributed by atoms with Crippen LogP contribution in [0.1, 0.15) is 18.9 Å². The molecule has 2 heterocycles. The number of aromatic nitrogens is 2. The van der Waals surface area contributed by atoms with Crippen molar-refractivity contribution in [3.63, 3.8) is 0 Å². The Balaban J connectivity index is 1.87. The van der Waals surface area contributed by atoms with Gasteiger partial charge in [-0.3, -0.25) is 0 Å². The van der Waals surface area contributed by atoms with Crippen molar-refractivity contribution in [2.24, 2.45) is 0 Å². The van der Waals surface area contributed by atoms with E-state index in [0.29, 0.717) is 31.5 Å². The number of carbonyl (C=O) groups is 1. The van der Waals surface area contributed by atoms with Gasteiger partial charge in [0.1, 0.15) is 5.56 Å². The molecule has 1 fully saturated rings. The summed E-state index contributed by atoms with van der Waals surface area (Å²) in [6.45, 7) is 0.822. The van der Waals surface area contributed by atoms with Crippen LogP contribution in [0.2, 0.25) is 0 Å². The van der Waals surface area contributed by atoms with Gasteiger partial charge >= 0.3 is 11.9 Å². The third-order valence-electron chi connectivity index (χ3n) is 4.08. The summed E-state index contributed by atoms with van der Waals surface area (Å²) in [5, 5.41) is 24.4. The van der Waals surface area contributed by atoms with E-state index < -0.39 is 11.0 Å². The van der Waals surface area contributed by atoms with E-state index in [4.69, 9.17) is 5.11 Å². The summed E-state index contributed by atoms with van der Waals surface area (Å²) < 4.78 is 1.61. The average molecular weight is 316 g/mol. The Morgan fingerprint density at radius 2 is 1.91 bits per heavy atom. The largest absolute Gasteiger partial charge is 0.465 e. The number of carboxylic acid groups (broad SMARTS) is 1. The molecule has 1 aromatic carbocycles. The van der Waals surface area contributed by atoms with Crippen LogP contribution in [0.15, 0.2) is 36.5 Å². The molecule has 1 amide bonds. The highest BCUT2D eigenvalue weighted by Crippen LogP contribution is 2.31. The third kappa shape index (κ3) is 3.01. The molecule has 2 aromatic rings. The smallest absolute Gasteiger partial charge is 0.407 e. The topological polar surface area (TPSA) is 102 Å². The molecule has 1 aromatic heterocycles. The lowest BCUT2D eigenvalue weighted by Gasteiger charge is -2.28. The lowest BCUT2D eigenvalue weighted by atomic mass is 10.1. The highest BCUT2D eigenvalue weighted by molar-refractivity contribution is 5.70. The van der Waals surface area contributed by atoms with E-state index in [9.17, 15) is 14.9 Å². The summed E-state index contributed by atoms with van der Waals surface area (Å²) in [5.74, 6) is -0.170. The summed E-state index contributed by atoms with van der Waals surface area (Å²) in [7, 11) is 0. The Hall–Kier alpha value is -2.90. The van der Waals surface area contributed by atoms with E-state index in [1.807, 2.05) is 18.2 Å². The third-order valence-corrected chi connectivity index (χ3v) is 4.08. The molecule has 8 nitrogen and oxygen atoms in total. The Bertz CT molecular complexity index is 720. The van der Waals surface area contributed by atoms with Crippen molar-refractivity contribution >= 4 is 11.9 Å². The van der Waals surface area contributed by atoms with E-state index in [0.717, 1.165) is 5.56 Å². The van der Waals surface area contributed by atoms with E-state index in [1.54, 1.807) is 23.0 Å². The minimum Gasteiger partial charge on any atom is -0.465 e. The Morgan fingerprint density at radius 3 is 2.48 bits per heavy atom. The number of hydrogen-bond donors (Lipinski definition) is 1. The number of benzene rings is 1. The van der Waals surface area contributed by atoms with Gasteiger partial charge in [0.25, 0.3) is 0 Å². The standard InChI is InChI=1S/C15H16N4O4/c20-15(21)17-8-6-12(7-9-17)18-10-13(14(16-18)19(22)23)11-4-2-1-3-5-11/h1-5,10,12H,6-9H2,(H,20,21). The molecule has 23 heavy (non-hydrogen) atoms. The molecule has 8 heteroatoms. The number of hydrogen-bond acceptors (Lipinski definition) is 4. The van der Waals surface area contributed by atoms with Crippen molar-refractivity contribution in [1.29, 1.82) is 0 Å². The van der Waals surface area contributed by atoms with Crippen LogP contribution in [0.5, 0.6) is 0 Å². The van der Waals surface area contributed by atoms with Crippen LogP contribution in [0.25, 0.3) is 11.1 Å². The molecule has 0 spiro atoms. The lowest BCUT2D eigenvalue weighted by Crippen LogP contribution is -2.38. The molecule has 1 saturated heterocycles. The fraction of sp³-hybridized carbons (Fsp3) is 0.333. The molecular weight excluding hydrogens is 300 g/mol. The van der Waals surface area contributed by atoms with Gasteiger partial charge in [0.2, 0.25) is 0 Å². The number of likely N-dealkylation sites (tertiary alicyclic amines) is 1. The highest BCUT2D eigenvalue weighted by Gasteiger charge is 2.29. The molecule has 0 saturated carbocycles. The predicted molar refractivity (Wildman–Crippen MR) is 82.2 cm³/mol. The van der Waals surface area contributed by atoms with Crippen LogP contribution >= 0.6 is 0 Å². The maximum Gasteiger partial charge on any atom is 0.407 e.